The molecule has 2 rings (SSSR count). The third-order valence-electron chi connectivity index (χ3n) is 4.28. The van der Waals surface area contributed by atoms with Gasteiger partial charge in [0.05, 0.1) is 6.42 Å². The molecule has 2 aromatic rings. The molecule has 7 heteroatoms. The van der Waals surface area contributed by atoms with Gasteiger partial charge in [-0.2, -0.15) is 0 Å². The summed E-state index contributed by atoms with van der Waals surface area (Å²) >= 11 is 0. The van der Waals surface area contributed by atoms with Crippen LogP contribution in [0.15, 0.2) is 48.5 Å². The van der Waals surface area contributed by atoms with E-state index in [1.54, 1.807) is 48.5 Å². The van der Waals surface area contributed by atoms with Gasteiger partial charge >= 0.3 is 5.91 Å². The monoisotopic (exact) mass is 357 g/mol. The van der Waals surface area contributed by atoms with Gasteiger partial charge in [-0.3, -0.25) is 14.8 Å². The van der Waals surface area contributed by atoms with Gasteiger partial charge in [0.15, 0.2) is 0 Å². The number of nitrogens with two attached hydrogens (primary N) is 2. The molecule has 0 saturated heterocycles. The van der Waals surface area contributed by atoms with Crippen LogP contribution < -0.4 is 11.5 Å². The van der Waals surface area contributed by atoms with Crippen molar-refractivity contribution < 1.29 is 19.9 Å². The van der Waals surface area contributed by atoms with E-state index in [2.05, 4.69) is 0 Å². The number of carbonyl (C=O) groups is 2. The fourth-order valence-electron chi connectivity index (χ4n) is 2.69. The molecule has 0 radical (unpaired) electrons. The van der Waals surface area contributed by atoms with Crippen molar-refractivity contribution in [3.05, 3.63) is 70.8 Å². The third kappa shape index (κ3) is 4.14. The minimum Gasteiger partial charge on any atom is -0.380 e. The Bertz CT molecular complexity index is 723. The molecule has 138 valence electrons. The first kappa shape index (κ1) is 19.7. The van der Waals surface area contributed by atoms with Crippen molar-refractivity contribution in [1.29, 1.82) is 0 Å². The van der Waals surface area contributed by atoms with Crippen LogP contribution in [0.2, 0.25) is 0 Å². The molecule has 0 heterocycles. The first-order valence-electron chi connectivity index (χ1n) is 8.13. The summed E-state index contributed by atoms with van der Waals surface area (Å²) in [6, 6.07) is 13.7. The Morgan fingerprint density at radius 2 is 1.31 bits per heavy atom. The Balaban J connectivity index is 2.48. The lowest BCUT2D eigenvalue weighted by Gasteiger charge is -2.29. The predicted octanol–water partition coefficient (Wildman–Crippen LogP) is 0.647. The molecular weight excluding hydrogens is 334 g/mol. The van der Waals surface area contributed by atoms with Gasteiger partial charge in [0, 0.05) is 20.1 Å². The number of rotatable bonds is 7. The largest absolute Gasteiger partial charge is 0.380 e. The Kier molecular flexibility index (Phi) is 6.23. The van der Waals surface area contributed by atoms with Crippen molar-refractivity contribution in [3.8, 4) is 0 Å². The number of likely N-dealkylation sites (N-methyl/N-ethyl adjacent to an activating group) is 1. The van der Waals surface area contributed by atoms with Gasteiger partial charge in [-0.1, -0.05) is 48.5 Å². The van der Waals surface area contributed by atoms with E-state index in [1.807, 2.05) is 0 Å². The zero-order chi connectivity index (χ0) is 19.3. The van der Waals surface area contributed by atoms with E-state index in [4.69, 9.17) is 11.5 Å². The van der Waals surface area contributed by atoms with E-state index in [9.17, 15) is 19.9 Å². The van der Waals surface area contributed by atoms with E-state index >= 15 is 0 Å². The number of amides is 1. The SMILES string of the molecule is CN(O)C(=O)C(=O)CC(O)(c1ccc(CN)cc1)c1ccc(CN)cc1. The maximum atomic E-state index is 12.2. The van der Waals surface area contributed by atoms with Crippen LogP contribution in [0.1, 0.15) is 28.7 Å². The van der Waals surface area contributed by atoms with Gasteiger partial charge in [0.25, 0.3) is 0 Å². The molecular formula is C19H23N3O4. The van der Waals surface area contributed by atoms with Crippen molar-refractivity contribution in [2.75, 3.05) is 7.05 Å². The number of Topliss-reactive ketones (excluding diaryl/α,β-unsaturated/α-hetero) is 1. The lowest BCUT2D eigenvalue weighted by atomic mass is 9.81. The Morgan fingerprint density at radius 3 is 1.62 bits per heavy atom. The molecule has 0 aromatic heterocycles. The highest BCUT2D eigenvalue weighted by Crippen LogP contribution is 2.34. The van der Waals surface area contributed by atoms with Crippen LogP contribution in [0.25, 0.3) is 0 Å². The molecule has 26 heavy (non-hydrogen) atoms. The highest BCUT2D eigenvalue weighted by molar-refractivity contribution is 6.35. The molecule has 7 nitrogen and oxygen atoms in total. The number of hydroxylamine groups is 2. The topological polar surface area (TPSA) is 130 Å². The molecule has 0 aliphatic carbocycles. The molecule has 0 saturated carbocycles. The van der Waals surface area contributed by atoms with Crippen molar-refractivity contribution in [2.45, 2.75) is 25.1 Å². The Hall–Kier alpha value is -2.58. The third-order valence-corrected chi connectivity index (χ3v) is 4.28. The van der Waals surface area contributed by atoms with E-state index in [1.165, 1.54) is 0 Å². The summed E-state index contributed by atoms with van der Waals surface area (Å²) < 4.78 is 0. The van der Waals surface area contributed by atoms with Crippen molar-refractivity contribution in [1.82, 2.24) is 5.06 Å². The van der Waals surface area contributed by atoms with Gasteiger partial charge in [-0.15, -0.1) is 0 Å². The van der Waals surface area contributed by atoms with Gasteiger partial charge in [-0.25, -0.2) is 5.06 Å². The average Bonchev–Trinajstić information content (AvgIpc) is 2.67. The van der Waals surface area contributed by atoms with Crippen LogP contribution in [0.3, 0.4) is 0 Å². The molecule has 0 bridgehead atoms. The summed E-state index contributed by atoms with van der Waals surface area (Å²) in [5.74, 6) is -2.01. The standard InChI is InChI=1S/C19H23N3O4/c1-22(26)18(24)17(23)10-19(25,15-6-2-13(11-20)3-7-15)16-8-4-14(12-21)5-9-16/h2-9,25-26H,10-12,20-21H2,1H3. The van der Waals surface area contributed by atoms with Gasteiger partial charge in [0.2, 0.25) is 5.78 Å². The molecule has 0 unspecified atom stereocenters. The van der Waals surface area contributed by atoms with Crippen LogP contribution in [-0.4, -0.2) is 34.1 Å². The van der Waals surface area contributed by atoms with Crippen molar-refractivity contribution >= 4 is 11.7 Å². The summed E-state index contributed by atoms with van der Waals surface area (Å²) in [5.41, 5.74) is 12.1. The number of benzene rings is 2. The van der Waals surface area contributed by atoms with Gasteiger partial charge in [-0.05, 0) is 22.3 Å². The molecule has 0 atom stereocenters. The van der Waals surface area contributed by atoms with Crippen molar-refractivity contribution in [3.63, 3.8) is 0 Å². The van der Waals surface area contributed by atoms with E-state index in [-0.39, 0.29) is 5.06 Å². The Morgan fingerprint density at radius 1 is 0.923 bits per heavy atom. The normalized spacial score (nSPS) is 11.3. The minimum absolute atomic E-state index is 0.206. The average molecular weight is 357 g/mol. The highest BCUT2D eigenvalue weighted by atomic mass is 16.5. The molecule has 0 fully saturated rings. The second-order valence-electron chi connectivity index (χ2n) is 6.09. The second-order valence-corrected chi connectivity index (χ2v) is 6.09. The number of hydrogen-bond donors (Lipinski definition) is 4. The molecule has 0 spiro atoms. The zero-order valence-electron chi connectivity index (χ0n) is 14.6. The van der Waals surface area contributed by atoms with Gasteiger partial charge < -0.3 is 16.6 Å². The zero-order valence-corrected chi connectivity index (χ0v) is 14.6. The number of ketones is 1. The fourth-order valence-corrected chi connectivity index (χ4v) is 2.69. The highest BCUT2D eigenvalue weighted by Gasteiger charge is 2.37. The number of carbonyl (C=O) groups excluding carboxylic acids is 2. The van der Waals surface area contributed by atoms with E-state index in [0.717, 1.165) is 18.2 Å². The number of nitrogens with zero attached hydrogens (tertiary/aromatic N) is 1. The van der Waals surface area contributed by atoms with Crippen LogP contribution in [0.4, 0.5) is 0 Å². The van der Waals surface area contributed by atoms with Crippen LogP contribution in [0, 0.1) is 0 Å². The molecule has 1 amide bonds. The number of aliphatic hydroxyl groups is 1. The van der Waals surface area contributed by atoms with Crippen molar-refractivity contribution in [2.24, 2.45) is 11.5 Å². The lowest BCUT2D eigenvalue weighted by molar-refractivity contribution is -0.166. The quantitative estimate of drug-likeness (QED) is 0.327. The van der Waals surface area contributed by atoms with E-state index in [0.29, 0.717) is 24.2 Å². The maximum absolute atomic E-state index is 12.2. The molecule has 0 aliphatic rings. The summed E-state index contributed by atoms with van der Waals surface area (Å²) in [7, 11) is 1.06. The first-order valence-corrected chi connectivity index (χ1v) is 8.13. The Labute approximate surface area is 151 Å². The second kappa shape index (κ2) is 8.20. The van der Waals surface area contributed by atoms with Gasteiger partial charge in [0.1, 0.15) is 5.60 Å². The lowest BCUT2D eigenvalue weighted by Crippen LogP contribution is -2.37. The first-order chi connectivity index (χ1) is 12.3. The van der Waals surface area contributed by atoms with Crippen LogP contribution >= 0.6 is 0 Å². The number of hydrogen-bond acceptors (Lipinski definition) is 6. The molecule has 6 N–H and O–H groups in total. The smallest absolute Gasteiger partial charge is 0.313 e. The molecule has 0 aliphatic heterocycles. The predicted molar refractivity (Wildman–Crippen MR) is 95.8 cm³/mol. The summed E-state index contributed by atoms with van der Waals surface area (Å²) in [5, 5.41) is 20.8. The minimum atomic E-state index is -1.73. The van der Waals surface area contributed by atoms with Crippen LogP contribution in [0.5, 0.6) is 0 Å². The van der Waals surface area contributed by atoms with Crippen LogP contribution in [-0.2, 0) is 28.3 Å². The summed E-state index contributed by atoms with van der Waals surface area (Å²) in [4.78, 5) is 24.0. The summed E-state index contributed by atoms with van der Waals surface area (Å²) in [6.45, 7) is 0.688. The van der Waals surface area contributed by atoms with E-state index < -0.39 is 23.7 Å². The molecule has 2 aromatic carbocycles. The maximum Gasteiger partial charge on any atom is 0.313 e. The fraction of sp³-hybridized carbons (Fsp3) is 0.263. The summed E-state index contributed by atoms with van der Waals surface area (Å²) in [6.07, 6.45) is -0.513.